The molecule has 1 heterocycles. The van der Waals surface area contributed by atoms with E-state index in [0.29, 0.717) is 6.61 Å². The van der Waals surface area contributed by atoms with E-state index in [0.717, 1.165) is 37.9 Å². The van der Waals surface area contributed by atoms with Crippen LogP contribution in [0.5, 0.6) is 0 Å². The third-order valence-electron chi connectivity index (χ3n) is 2.41. The third kappa shape index (κ3) is 2.49. The first-order valence-electron chi connectivity index (χ1n) is 4.36. The molecule has 0 aromatic rings. The summed E-state index contributed by atoms with van der Waals surface area (Å²) in [4.78, 5) is 10.9. The molecule has 1 rings (SSSR count). The number of carbonyl (C=O) groups is 1. The van der Waals surface area contributed by atoms with Crippen LogP contribution < -0.4 is 0 Å². The molecule has 70 valence electrons. The summed E-state index contributed by atoms with van der Waals surface area (Å²) in [5.41, 5.74) is -0.152. The average Bonchev–Trinajstić information content (AvgIpc) is 2.16. The minimum Gasteiger partial charge on any atom is -0.380 e. The molecule has 1 saturated heterocycles. The van der Waals surface area contributed by atoms with Crippen molar-refractivity contribution in [3.8, 4) is 0 Å². The number of hydrogen-bond donors (Lipinski definition) is 0. The minimum atomic E-state index is -0.152. The van der Waals surface area contributed by atoms with Gasteiger partial charge < -0.3 is 9.53 Å². The zero-order valence-corrected chi connectivity index (χ0v) is 8.36. The Labute approximate surface area is 78.1 Å². The first-order chi connectivity index (χ1) is 5.83. The molecule has 2 nitrogen and oxygen atoms in total. The van der Waals surface area contributed by atoms with Gasteiger partial charge in [0.05, 0.1) is 12.0 Å². The quantitative estimate of drug-likeness (QED) is 0.629. The lowest BCUT2D eigenvalue weighted by Crippen LogP contribution is -2.33. The summed E-state index contributed by atoms with van der Waals surface area (Å²) in [7, 11) is 0. The molecule has 12 heavy (non-hydrogen) atoms. The lowest BCUT2D eigenvalue weighted by molar-refractivity contribution is -0.123. The summed E-state index contributed by atoms with van der Waals surface area (Å²) >= 11 is 1.79. The van der Waals surface area contributed by atoms with Gasteiger partial charge in [-0.3, -0.25) is 0 Å². The van der Waals surface area contributed by atoms with E-state index in [1.54, 1.807) is 11.8 Å². The Morgan fingerprint density at radius 3 is 3.00 bits per heavy atom. The van der Waals surface area contributed by atoms with Crippen LogP contribution >= 0.6 is 11.8 Å². The second kappa shape index (κ2) is 4.87. The van der Waals surface area contributed by atoms with E-state index in [1.807, 2.05) is 0 Å². The molecular formula is C9H16O2S. The second-order valence-corrected chi connectivity index (χ2v) is 4.36. The topological polar surface area (TPSA) is 26.3 Å². The van der Waals surface area contributed by atoms with Crippen LogP contribution in [0, 0.1) is 5.41 Å². The molecule has 1 fully saturated rings. The van der Waals surface area contributed by atoms with Gasteiger partial charge >= 0.3 is 0 Å². The molecule has 1 aliphatic heterocycles. The van der Waals surface area contributed by atoms with Crippen LogP contribution in [0.2, 0.25) is 0 Å². The third-order valence-corrected chi connectivity index (χ3v) is 3.02. The summed E-state index contributed by atoms with van der Waals surface area (Å²) in [5.74, 6) is 1.06. The molecule has 1 aliphatic rings. The van der Waals surface area contributed by atoms with E-state index in [2.05, 4.69) is 6.26 Å². The maximum Gasteiger partial charge on any atom is 0.128 e. The molecule has 1 unspecified atom stereocenters. The van der Waals surface area contributed by atoms with Crippen molar-refractivity contribution in [3.05, 3.63) is 0 Å². The maximum absolute atomic E-state index is 10.9. The smallest absolute Gasteiger partial charge is 0.128 e. The fraction of sp³-hybridized carbons (Fsp3) is 0.889. The van der Waals surface area contributed by atoms with Crippen molar-refractivity contribution >= 4 is 18.0 Å². The van der Waals surface area contributed by atoms with Crippen molar-refractivity contribution in [3.63, 3.8) is 0 Å². The van der Waals surface area contributed by atoms with Crippen LogP contribution in [0.15, 0.2) is 0 Å². The molecule has 0 spiro atoms. The van der Waals surface area contributed by atoms with Crippen molar-refractivity contribution in [1.29, 1.82) is 0 Å². The SMILES string of the molecule is CSCCC1(C=O)CCCOC1. The summed E-state index contributed by atoms with van der Waals surface area (Å²) in [6.07, 6.45) is 6.19. The Kier molecular flexibility index (Phi) is 4.09. The van der Waals surface area contributed by atoms with Crippen LogP contribution in [-0.4, -0.2) is 31.5 Å². The van der Waals surface area contributed by atoms with Gasteiger partial charge in [0.15, 0.2) is 0 Å². The number of ether oxygens (including phenoxy) is 1. The second-order valence-electron chi connectivity index (χ2n) is 3.38. The summed E-state index contributed by atoms with van der Waals surface area (Å²) < 4.78 is 5.33. The first kappa shape index (κ1) is 10.1. The number of carbonyl (C=O) groups excluding carboxylic acids is 1. The Morgan fingerprint density at radius 2 is 2.50 bits per heavy atom. The van der Waals surface area contributed by atoms with E-state index in [-0.39, 0.29) is 5.41 Å². The van der Waals surface area contributed by atoms with Crippen LogP contribution in [0.4, 0.5) is 0 Å². The molecule has 0 aliphatic carbocycles. The Bertz CT molecular complexity index is 141. The Balaban J connectivity index is 2.42. The van der Waals surface area contributed by atoms with E-state index >= 15 is 0 Å². The zero-order chi connectivity index (χ0) is 8.86. The van der Waals surface area contributed by atoms with Gasteiger partial charge in [0, 0.05) is 6.61 Å². The highest BCUT2D eigenvalue weighted by molar-refractivity contribution is 7.98. The highest BCUT2D eigenvalue weighted by Crippen LogP contribution is 2.30. The largest absolute Gasteiger partial charge is 0.380 e. The maximum atomic E-state index is 10.9. The zero-order valence-electron chi connectivity index (χ0n) is 7.54. The molecule has 0 amide bonds. The Hall–Kier alpha value is -0.0200. The van der Waals surface area contributed by atoms with Crippen molar-refractivity contribution in [2.75, 3.05) is 25.2 Å². The normalized spacial score (nSPS) is 30.1. The number of thioether (sulfide) groups is 1. The monoisotopic (exact) mass is 188 g/mol. The lowest BCUT2D eigenvalue weighted by Gasteiger charge is -2.31. The molecular weight excluding hydrogens is 172 g/mol. The van der Waals surface area contributed by atoms with Crippen LogP contribution in [0.25, 0.3) is 0 Å². The predicted octanol–water partition coefficient (Wildman–Crippen LogP) is 1.74. The number of hydrogen-bond acceptors (Lipinski definition) is 3. The van der Waals surface area contributed by atoms with Gasteiger partial charge in [-0.15, -0.1) is 0 Å². The highest BCUT2D eigenvalue weighted by atomic mass is 32.2. The summed E-state index contributed by atoms with van der Waals surface area (Å²) in [6, 6.07) is 0. The molecule has 3 heteroatoms. The predicted molar refractivity (Wildman–Crippen MR) is 51.5 cm³/mol. The van der Waals surface area contributed by atoms with E-state index in [9.17, 15) is 4.79 Å². The summed E-state index contributed by atoms with van der Waals surface area (Å²) in [6.45, 7) is 1.46. The number of aldehydes is 1. The van der Waals surface area contributed by atoms with Gasteiger partial charge in [-0.05, 0) is 31.3 Å². The van der Waals surface area contributed by atoms with Crippen molar-refractivity contribution in [2.24, 2.45) is 5.41 Å². The van der Waals surface area contributed by atoms with Crippen LogP contribution in [0.1, 0.15) is 19.3 Å². The lowest BCUT2D eigenvalue weighted by atomic mass is 9.82. The molecule has 0 aromatic carbocycles. The van der Waals surface area contributed by atoms with E-state index < -0.39 is 0 Å². The fourth-order valence-corrected chi connectivity index (χ4v) is 2.14. The molecule has 0 bridgehead atoms. The van der Waals surface area contributed by atoms with Gasteiger partial charge in [0.1, 0.15) is 6.29 Å². The standard InChI is InChI=1S/C9H16O2S/c1-12-6-4-9(7-10)3-2-5-11-8-9/h7H,2-6,8H2,1H3. The minimum absolute atomic E-state index is 0.152. The van der Waals surface area contributed by atoms with E-state index in [1.165, 1.54) is 0 Å². The number of rotatable bonds is 4. The van der Waals surface area contributed by atoms with Gasteiger partial charge in [-0.2, -0.15) is 11.8 Å². The van der Waals surface area contributed by atoms with Crippen LogP contribution in [0.3, 0.4) is 0 Å². The molecule has 0 N–H and O–H groups in total. The first-order valence-corrected chi connectivity index (χ1v) is 5.75. The van der Waals surface area contributed by atoms with E-state index in [4.69, 9.17) is 4.74 Å². The van der Waals surface area contributed by atoms with Gasteiger partial charge in [-0.25, -0.2) is 0 Å². The van der Waals surface area contributed by atoms with Gasteiger partial charge in [-0.1, -0.05) is 0 Å². The summed E-state index contributed by atoms with van der Waals surface area (Å²) in [5, 5.41) is 0. The van der Waals surface area contributed by atoms with Gasteiger partial charge in [0.25, 0.3) is 0 Å². The van der Waals surface area contributed by atoms with Gasteiger partial charge in [0.2, 0.25) is 0 Å². The molecule has 1 atom stereocenters. The molecule has 0 saturated carbocycles. The van der Waals surface area contributed by atoms with Crippen molar-refractivity contribution in [1.82, 2.24) is 0 Å². The van der Waals surface area contributed by atoms with Crippen molar-refractivity contribution in [2.45, 2.75) is 19.3 Å². The van der Waals surface area contributed by atoms with Crippen molar-refractivity contribution < 1.29 is 9.53 Å². The molecule has 0 radical (unpaired) electrons. The van der Waals surface area contributed by atoms with Crippen LogP contribution in [-0.2, 0) is 9.53 Å². The average molecular weight is 188 g/mol. The highest BCUT2D eigenvalue weighted by Gasteiger charge is 2.31. The fourth-order valence-electron chi connectivity index (χ4n) is 1.53. The Morgan fingerprint density at radius 1 is 1.67 bits per heavy atom. The molecule has 0 aromatic heterocycles.